The molecule has 8 heteroatoms. The first-order chi connectivity index (χ1) is 7.12. The molecule has 16 heavy (non-hydrogen) atoms. The minimum Gasteiger partial charge on any atom is -0.274 e. The highest BCUT2D eigenvalue weighted by Crippen LogP contribution is 2.20. The van der Waals surface area contributed by atoms with Gasteiger partial charge in [0.15, 0.2) is 0 Å². The highest BCUT2D eigenvalue weighted by molar-refractivity contribution is 8.13. The van der Waals surface area contributed by atoms with Crippen molar-refractivity contribution >= 4 is 35.4 Å². The van der Waals surface area contributed by atoms with E-state index in [-0.39, 0.29) is 4.90 Å². The summed E-state index contributed by atoms with van der Waals surface area (Å²) in [5.41, 5.74) is 0.367. The van der Waals surface area contributed by atoms with Crippen molar-refractivity contribution in [3.63, 3.8) is 0 Å². The molecule has 0 saturated heterocycles. The first-order valence-corrected chi connectivity index (χ1v) is 8.27. The van der Waals surface area contributed by atoms with Gasteiger partial charge in [-0.2, -0.15) is 0 Å². The molecule has 0 saturated carbocycles. The Balaban J connectivity index is 3.15. The van der Waals surface area contributed by atoms with E-state index in [2.05, 4.69) is 0 Å². The Labute approximate surface area is 99.1 Å². The van der Waals surface area contributed by atoms with Crippen LogP contribution in [0.3, 0.4) is 0 Å². The predicted octanol–water partition coefficient (Wildman–Crippen LogP) is 1.01. The van der Waals surface area contributed by atoms with E-state index in [0.29, 0.717) is 5.69 Å². The summed E-state index contributed by atoms with van der Waals surface area (Å²) in [7, 11) is -0.635. The third kappa shape index (κ3) is 3.10. The fourth-order valence-corrected chi connectivity index (χ4v) is 2.28. The van der Waals surface area contributed by atoms with Crippen molar-refractivity contribution in [2.24, 2.45) is 0 Å². The number of sulfonamides is 1. The standard InChI is InChI=1S/C8H10ClNO4S2/c1-10(15(2,11)12)7-3-5-8(6-4-7)16(9,13)14/h3-6H,1-2H3. The van der Waals surface area contributed by atoms with E-state index in [0.717, 1.165) is 10.6 Å². The predicted molar refractivity (Wildman–Crippen MR) is 62.7 cm³/mol. The summed E-state index contributed by atoms with van der Waals surface area (Å²) in [6.07, 6.45) is 1.05. The molecule has 0 amide bonds. The molecule has 0 unspecified atom stereocenters. The van der Waals surface area contributed by atoms with Crippen LogP contribution in [-0.4, -0.2) is 30.1 Å². The summed E-state index contributed by atoms with van der Waals surface area (Å²) in [4.78, 5) is -0.0696. The first kappa shape index (κ1) is 13.3. The summed E-state index contributed by atoms with van der Waals surface area (Å²) in [6.45, 7) is 0. The summed E-state index contributed by atoms with van der Waals surface area (Å²) in [6, 6.07) is 5.24. The summed E-state index contributed by atoms with van der Waals surface area (Å²) >= 11 is 0. The molecule has 0 aliphatic heterocycles. The average molecular weight is 284 g/mol. The second-order valence-corrected chi connectivity index (χ2v) is 7.74. The molecule has 0 radical (unpaired) electrons. The van der Waals surface area contributed by atoms with E-state index >= 15 is 0 Å². The molecule has 0 heterocycles. The van der Waals surface area contributed by atoms with E-state index in [1.54, 1.807) is 0 Å². The lowest BCUT2D eigenvalue weighted by molar-refractivity contribution is 0.600. The van der Waals surface area contributed by atoms with E-state index in [9.17, 15) is 16.8 Å². The molecular formula is C8H10ClNO4S2. The minimum absolute atomic E-state index is 0.0696. The van der Waals surface area contributed by atoms with E-state index in [1.807, 2.05) is 0 Å². The van der Waals surface area contributed by atoms with Gasteiger partial charge in [-0.3, -0.25) is 4.31 Å². The second-order valence-electron chi connectivity index (χ2n) is 3.16. The molecule has 0 aliphatic carbocycles. The SMILES string of the molecule is CN(c1ccc(S(=O)(=O)Cl)cc1)S(C)(=O)=O. The van der Waals surface area contributed by atoms with Crippen molar-refractivity contribution in [3.8, 4) is 0 Å². The molecule has 0 aromatic heterocycles. The van der Waals surface area contributed by atoms with Crippen LogP contribution in [0.2, 0.25) is 0 Å². The van der Waals surface area contributed by atoms with Crippen molar-refractivity contribution in [1.29, 1.82) is 0 Å². The number of benzene rings is 1. The fraction of sp³-hybridized carbons (Fsp3) is 0.250. The summed E-state index contributed by atoms with van der Waals surface area (Å²) in [5, 5.41) is 0. The molecule has 5 nitrogen and oxygen atoms in total. The zero-order valence-electron chi connectivity index (χ0n) is 8.58. The molecule has 0 fully saturated rings. The minimum atomic E-state index is -3.78. The van der Waals surface area contributed by atoms with Gasteiger partial charge in [0.05, 0.1) is 16.8 Å². The lowest BCUT2D eigenvalue weighted by atomic mass is 10.3. The Morgan fingerprint density at radius 2 is 1.50 bits per heavy atom. The van der Waals surface area contributed by atoms with Gasteiger partial charge in [0.1, 0.15) is 0 Å². The van der Waals surface area contributed by atoms with Gasteiger partial charge in [-0.15, -0.1) is 0 Å². The third-order valence-corrected chi connectivity index (χ3v) is 4.55. The van der Waals surface area contributed by atoms with Crippen LogP contribution < -0.4 is 4.31 Å². The Morgan fingerprint density at radius 3 is 1.81 bits per heavy atom. The highest BCUT2D eigenvalue weighted by atomic mass is 35.7. The van der Waals surface area contributed by atoms with E-state index in [4.69, 9.17) is 10.7 Å². The Morgan fingerprint density at radius 1 is 1.06 bits per heavy atom. The molecule has 1 rings (SSSR count). The van der Waals surface area contributed by atoms with Crippen molar-refractivity contribution in [2.75, 3.05) is 17.6 Å². The van der Waals surface area contributed by atoms with Crippen molar-refractivity contribution in [1.82, 2.24) is 0 Å². The zero-order chi connectivity index (χ0) is 12.6. The van der Waals surface area contributed by atoms with Crippen LogP contribution in [0.1, 0.15) is 0 Å². The van der Waals surface area contributed by atoms with Crippen LogP contribution in [0, 0.1) is 0 Å². The lowest BCUT2D eigenvalue weighted by Gasteiger charge is -2.16. The molecule has 0 aliphatic rings. The zero-order valence-corrected chi connectivity index (χ0v) is 11.0. The Kier molecular flexibility index (Phi) is 3.51. The van der Waals surface area contributed by atoms with Gasteiger partial charge >= 0.3 is 0 Å². The maximum atomic E-state index is 11.2. The molecule has 0 atom stereocenters. The van der Waals surface area contributed by atoms with Gasteiger partial charge < -0.3 is 0 Å². The number of rotatable bonds is 3. The normalized spacial score (nSPS) is 12.4. The van der Waals surface area contributed by atoms with Crippen LogP contribution in [0.4, 0.5) is 5.69 Å². The molecule has 0 N–H and O–H groups in total. The smallest absolute Gasteiger partial charge is 0.261 e. The molecule has 90 valence electrons. The number of hydrogen-bond donors (Lipinski definition) is 0. The largest absolute Gasteiger partial charge is 0.274 e. The molecule has 0 bridgehead atoms. The van der Waals surface area contributed by atoms with Crippen LogP contribution in [-0.2, 0) is 19.1 Å². The van der Waals surface area contributed by atoms with Gasteiger partial charge in [-0.25, -0.2) is 16.8 Å². The van der Waals surface area contributed by atoms with Gasteiger partial charge in [-0.1, -0.05) is 0 Å². The number of nitrogens with zero attached hydrogens (tertiary/aromatic N) is 1. The topological polar surface area (TPSA) is 71.5 Å². The van der Waals surface area contributed by atoms with Crippen LogP contribution in [0.15, 0.2) is 29.2 Å². The molecule has 0 spiro atoms. The number of hydrogen-bond acceptors (Lipinski definition) is 4. The molecular weight excluding hydrogens is 274 g/mol. The maximum absolute atomic E-state index is 11.2. The van der Waals surface area contributed by atoms with Gasteiger partial charge in [0, 0.05) is 17.7 Å². The number of anilines is 1. The number of halogens is 1. The van der Waals surface area contributed by atoms with Crippen LogP contribution in [0.5, 0.6) is 0 Å². The Bertz CT molecular complexity index is 577. The van der Waals surface area contributed by atoms with Gasteiger partial charge in [0.25, 0.3) is 9.05 Å². The quantitative estimate of drug-likeness (QED) is 0.776. The summed E-state index contributed by atoms with van der Waals surface area (Å²) < 4.78 is 45.3. The molecule has 1 aromatic rings. The Hall–Kier alpha value is -0.790. The van der Waals surface area contributed by atoms with E-state index < -0.39 is 19.1 Å². The summed E-state index contributed by atoms with van der Waals surface area (Å²) in [5.74, 6) is 0. The van der Waals surface area contributed by atoms with Crippen molar-refractivity contribution < 1.29 is 16.8 Å². The monoisotopic (exact) mass is 283 g/mol. The molecule has 1 aromatic carbocycles. The first-order valence-electron chi connectivity index (χ1n) is 4.11. The van der Waals surface area contributed by atoms with Crippen molar-refractivity contribution in [3.05, 3.63) is 24.3 Å². The fourth-order valence-electron chi connectivity index (χ4n) is 1.01. The second kappa shape index (κ2) is 4.23. The van der Waals surface area contributed by atoms with E-state index in [1.165, 1.54) is 31.3 Å². The van der Waals surface area contributed by atoms with Crippen molar-refractivity contribution in [2.45, 2.75) is 4.90 Å². The van der Waals surface area contributed by atoms with Gasteiger partial charge in [0.2, 0.25) is 10.0 Å². The van der Waals surface area contributed by atoms with Gasteiger partial charge in [-0.05, 0) is 24.3 Å². The lowest BCUT2D eigenvalue weighted by Crippen LogP contribution is -2.24. The van der Waals surface area contributed by atoms with Crippen LogP contribution >= 0.6 is 10.7 Å². The average Bonchev–Trinajstić information content (AvgIpc) is 2.14. The highest BCUT2D eigenvalue weighted by Gasteiger charge is 2.14. The van der Waals surface area contributed by atoms with Crippen LogP contribution in [0.25, 0.3) is 0 Å². The third-order valence-electron chi connectivity index (χ3n) is 1.98. The maximum Gasteiger partial charge on any atom is 0.261 e.